The van der Waals surface area contributed by atoms with Crippen molar-refractivity contribution in [2.45, 2.75) is 6.42 Å². The molecule has 6 nitrogen and oxygen atoms in total. The van der Waals surface area contributed by atoms with Gasteiger partial charge in [-0.1, -0.05) is 48.5 Å². The monoisotopic (exact) mass is 360 g/mol. The Labute approximate surface area is 157 Å². The first-order valence-electron chi connectivity index (χ1n) is 8.99. The summed E-state index contributed by atoms with van der Waals surface area (Å²) in [6, 6.07) is 21.5. The highest BCUT2D eigenvalue weighted by Crippen LogP contribution is 2.24. The van der Waals surface area contributed by atoms with E-state index in [-0.39, 0.29) is 11.8 Å². The van der Waals surface area contributed by atoms with Gasteiger partial charge < -0.3 is 10.2 Å². The van der Waals surface area contributed by atoms with Crippen LogP contribution < -0.4 is 5.32 Å². The van der Waals surface area contributed by atoms with E-state index in [0.717, 1.165) is 16.9 Å². The Hall–Kier alpha value is -3.41. The highest BCUT2D eigenvalue weighted by molar-refractivity contribution is 5.94. The molecule has 1 aliphatic heterocycles. The fourth-order valence-electron chi connectivity index (χ4n) is 3.20. The molecule has 0 bridgehead atoms. The average Bonchev–Trinajstić information content (AvgIpc) is 3.05. The molecular weight excluding hydrogens is 340 g/mol. The third kappa shape index (κ3) is 3.60. The summed E-state index contributed by atoms with van der Waals surface area (Å²) in [5, 5.41) is 7.39. The lowest BCUT2D eigenvalue weighted by Gasteiger charge is -2.17. The molecule has 0 saturated carbocycles. The minimum atomic E-state index is -0.154. The van der Waals surface area contributed by atoms with Gasteiger partial charge in [0.2, 0.25) is 5.91 Å². The van der Waals surface area contributed by atoms with Gasteiger partial charge in [-0.2, -0.15) is 5.10 Å². The average molecular weight is 360 g/mol. The number of hydrogen-bond acceptors (Lipinski definition) is 3. The molecule has 1 N–H and O–H groups in total. The maximum atomic E-state index is 13.0. The van der Waals surface area contributed by atoms with Gasteiger partial charge in [-0.15, -0.1) is 0 Å². The fourth-order valence-corrected chi connectivity index (χ4v) is 3.20. The van der Waals surface area contributed by atoms with Crippen molar-refractivity contribution in [2.24, 2.45) is 0 Å². The molecule has 1 fully saturated rings. The Kier molecular flexibility index (Phi) is 4.70. The second-order valence-electron chi connectivity index (χ2n) is 6.42. The van der Waals surface area contributed by atoms with Crippen LogP contribution >= 0.6 is 0 Å². The number of para-hydroxylation sites is 1. The van der Waals surface area contributed by atoms with Gasteiger partial charge in [0.1, 0.15) is 0 Å². The summed E-state index contributed by atoms with van der Waals surface area (Å²) in [7, 11) is 0. The van der Waals surface area contributed by atoms with E-state index < -0.39 is 0 Å². The van der Waals surface area contributed by atoms with E-state index in [1.807, 2.05) is 66.7 Å². The Morgan fingerprint density at radius 1 is 0.963 bits per heavy atom. The molecule has 6 heteroatoms. The maximum absolute atomic E-state index is 13.0. The van der Waals surface area contributed by atoms with Crippen LogP contribution in [0.3, 0.4) is 0 Å². The van der Waals surface area contributed by atoms with Crippen molar-refractivity contribution in [3.63, 3.8) is 0 Å². The Morgan fingerprint density at radius 2 is 1.67 bits per heavy atom. The van der Waals surface area contributed by atoms with Crippen LogP contribution in [0.4, 0.5) is 0 Å². The van der Waals surface area contributed by atoms with Crippen LogP contribution in [0.1, 0.15) is 16.9 Å². The van der Waals surface area contributed by atoms with Crippen LogP contribution in [0, 0.1) is 0 Å². The predicted octanol–water partition coefficient (Wildman–Crippen LogP) is 2.50. The number of amides is 2. The van der Waals surface area contributed by atoms with Gasteiger partial charge in [-0.05, 0) is 18.2 Å². The molecule has 1 saturated heterocycles. The van der Waals surface area contributed by atoms with E-state index >= 15 is 0 Å². The Balaban J connectivity index is 1.73. The normalized spacial score (nSPS) is 14.5. The molecule has 27 heavy (non-hydrogen) atoms. The van der Waals surface area contributed by atoms with Crippen molar-refractivity contribution in [3.05, 3.63) is 72.4 Å². The van der Waals surface area contributed by atoms with Crippen molar-refractivity contribution in [1.82, 2.24) is 20.0 Å². The SMILES string of the molecule is O=C1CCN(C(=O)c2cc(-c3ccccc3)n(-c3ccccc3)n2)CCN1. The third-order valence-corrected chi connectivity index (χ3v) is 4.60. The fraction of sp³-hybridized carbons (Fsp3) is 0.190. The standard InChI is InChI=1S/C21H20N4O2/c26-20-11-13-24(14-12-22-20)21(27)18-15-19(16-7-3-1-4-8-16)25(23-18)17-9-5-2-6-10-17/h1-10,15H,11-14H2,(H,22,26). The quantitative estimate of drug-likeness (QED) is 0.780. The summed E-state index contributed by atoms with van der Waals surface area (Å²) in [6.07, 6.45) is 0.316. The van der Waals surface area contributed by atoms with Gasteiger partial charge in [0.15, 0.2) is 5.69 Å². The van der Waals surface area contributed by atoms with E-state index in [1.54, 1.807) is 9.58 Å². The van der Waals surface area contributed by atoms with Gasteiger partial charge in [0, 0.05) is 31.6 Å². The summed E-state index contributed by atoms with van der Waals surface area (Å²) < 4.78 is 1.80. The van der Waals surface area contributed by atoms with Gasteiger partial charge in [0.05, 0.1) is 11.4 Å². The highest BCUT2D eigenvalue weighted by atomic mass is 16.2. The van der Waals surface area contributed by atoms with E-state index in [9.17, 15) is 9.59 Å². The van der Waals surface area contributed by atoms with Gasteiger partial charge >= 0.3 is 0 Å². The molecular formula is C21H20N4O2. The van der Waals surface area contributed by atoms with Crippen LogP contribution in [0.5, 0.6) is 0 Å². The minimum absolute atomic E-state index is 0.0231. The first-order valence-corrected chi connectivity index (χ1v) is 8.99. The summed E-state index contributed by atoms with van der Waals surface area (Å²) in [5.41, 5.74) is 3.12. The van der Waals surface area contributed by atoms with Crippen LogP contribution in [-0.2, 0) is 4.79 Å². The van der Waals surface area contributed by atoms with Gasteiger partial charge in [-0.25, -0.2) is 4.68 Å². The minimum Gasteiger partial charge on any atom is -0.354 e. The second kappa shape index (κ2) is 7.45. The van der Waals surface area contributed by atoms with Gasteiger partial charge in [-0.3, -0.25) is 9.59 Å². The summed E-state index contributed by atoms with van der Waals surface area (Å²) >= 11 is 0. The van der Waals surface area contributed by atoms with Crippen LogP contribution in [0.15, 0.2) is 66.7 Å². The number of carbonyl (C=O) groups is 2. The van der Waals surface area contributed by atoms with Crippen molar-refractivity contribution in [3.8, 4) is 16.9 Å². The summed E-state index contributed by atoms with van der Waals surface area (Å²) in [4.78, 5) is 26.2. The first-order chi connectivity index (χ1) is 13.2. The molecule has 3 aromatic rings. The van der Waals surface area contributed by atoms with E-state index in [2.05, 4.69) is 10.4 Å². The second-order valence-corrected chi connectivity index (χ2v) is 6.42. The molecule has 2 aromatic carbocycles. The third-order valence-electron chi connectivity index (χ3n) is 4.60. The zero-order chi connectivity index (χ0) is 18.6. The molecule has 4 rings (SSSR count). The molecule has 2 amide bonds. The first kappa shape index (κ1) is 17.0. The molecule has 1 aromatic heterocycles. The molecule has 0 spiro atoms. The zero-order valence-electron chi connectivity index (χ0n) is 14.8. The molecule has 1 aliphatic rings. The maximum Gasteiger partial charge on any atom is 0.274 e. The van der Waals surface area contributed by atoms with Crippen LogP contribution in [-0.4, -0.2) is 46.1 Å². The highest BCUT2D eigenvalue weighted by Gasteiger charge is 2.23. The largest absolute Gasteiger partial charge is 0.354 e. The zero-order valence-corrected chi connectivity index (χ0v) is 14.8. The Morgan fingerprint density at radius 3 is 2.41 bits per heavy atom. The number of nitrogens with zero attached hydrogens (tertiary/aromatic N) is 3. The number of hydrogen-bond donors (Lipinski definition) is 1. The van der Waals surface area contributed by atoms with Crippen molar-refractivity contribution in [2.75, 3.05) is 19.6 Å². The lowest BCUT2D eigenvalue weighted by molar-refractivity contribution is -0.120. The lowest BCUT2D eigenvalue weighted by Crippen LogP contribution is -2.34. The molecule has 136 valence electrons. The van der Waals surface area contributed by atoms with Crippen molar-refractivity contribution >= 4 is 11.8 Å². The topological polar surface area (TPSA) is 67.2 Å². The number of benzene rings is 2. The van der Waals surface area contributed by atoms with Crippen LogP contribution in [0.25, 0.3) is 16.9 Å². The smallest absolute Gasteiger partial charge is 0.274 e. The number of nitrogens with one attached hydrogen (secondary N) is 1. The molecule has 0 atom stereocenters. The summed E-state index contributed by atoms with van der Waals surface area (Å²) in [5.74, 6) is -0.177. The molecule has 0 aliphatic carbocycles. The number of carbonyl (C=O) groups excluding carboxylic acids is 2. The van der Waals surface area contributed by atoms with E-state index in [4.69, 9.17) is 0 Å². The van der Waals surface area contributed by atoms with E-state index in [1.165, 1.54) is 0 Å². The molecule has 0 radical (unpaired) electrons. The van der Waals surface area contributed by atoms with E-state index in [0.29, 0.717) is 31.7 Å². The van der Waals surface area contributed by atoms with Crippen molar-refractivity contribution in [1.29, 1.82) is 0 Å². The predicted molar refractivity (Wildman–Crippen MR) is 103 cm³/mol. The lowest BCUT2D eigenvalue weighted by atomic mass is 10.1. The van der Waals surface area contributed by atoms with Crippen LogP contribution in [0.2, 0.25) is 0 Å². The molecule has 0 unspecified atom stereocenters. The summed E-state index contributed by atoms with van der Waals surface area (Å²) in [6.45, 7) is 1.36. The van der Waals surface area contributed by atoms with Crippen molar-refractivity contribution < 1.29 is 9.59 Å². The number of aromatic nitrogens is 2. The Bertz CT molecular complexity index is 894. The molecule has 2 heterocycles. The van der Waals surface area contributed by atoms with Gasteiger partial charge in [0.25, 0.3) is 5.91 Å². The number of rotatable bonds is 3.